The van der Waals surface area contributed by atoms with Gasteiger partial charge in [-0.05, 0) is 18.2 Å². The Kier molecular flexibility index (Phi) is 4.39. The van der Waals surface area contributed by atoms with E-state index in [0.29, 0.717) is 0 Å². The van der Waals surface area contributed by atoms with Crippen molar-refractivity contribution in [2.75, 3.05) is 7.11 Å². The first-order chi connectivity index (χ1) is 10.1. The summed E-state index contributed by atoms with van der Waals surface area (Å²) in [6.45, 7) is 0. The lowest BCUT2D eigenvalue weighted by Gasteiger charge is -2.08. The molecular weight excluding hydrogens is 279 g/mol. The second-order valence-corrected chi connectivity index (χ2v) is 3.85. The van der Waals surface area contributed by atoms with E-state index < -0.39 is 17.6 Å². The molecule has 0 unspecified atom stereocenters. The molecule has 0 radical (unpaired) electrons. The fraction of sp³-hybridized carbons (Fsp3) is 0.0769. The van der Waals surface area contributed by atoms with E-state index >= 15 is 0 Å². The number of amides is 2. The normalized spacial score (nSPS) is 9.81. The van der Waals surface area contributed by atoms with E-state index in [1.165, 1.54) is 37.8 Å². The van der Waals surface area contributed by atoms with Gasteiger partial charge >= 0.3 is 0 Å². The highest BCUT2D eigenvalue weighted by atomic mass is 19.1. The average molecular weight is 290 g/mol. The highest BCUT2D eigenvalue weighted by molar-refractivity contribution is 5.98. The van der Waals surface area contributed by atoms with Gasteiger partial charge in [0.25, 0.3) is 11.8 Å². The van der Waals surface area contributed by atoms with E-state index in [1.54, 1.807) is 0 Å². The molecule has 2 N–H and O–H groups in total. The van der Waals surface area contributed by atoms with Crippen LogP contribution in [0.3, 0.4) is 0 Å². The van der Waals surface area contributed by atoms with Crippen molar-refractivity contribution >= 4 is 11.8 Å². The molecule has 2 amide bonds. The number of nitrogens with one attached hydrogen (secondary N) is 2. The lowest BCUT2D eigenvalue weighted by atomic mass is 10.2. The van der Waals surface area contributed by atoms with Crippen LogP contribution in [-0.2, 0) is 0 Å². The second-order valence-electron chi connectivity index (χ2n) is 3.85. The van der Waals surface area contributed by atoms with Crippen molar-refractivity contribution in [3.63, 3.8) is 0 Å². The van der Waals surface area contributed by atoms with E-state index in [1.807, 2.05) is 0 Å². The van der Waals surface area contributed by atoms with Crippen LogP contribution in [-0.4, -0.2) is 28.9 Å². The summed E-state index contributed by atoms with van der Waals surface area (Å²) in [5.41, 5.74) is 4.37. The van der Waals surface area contributed by atoms with Crippen molar-refractivity contribution in [1.82, 2.24) is 20.8 Å². The van der Waals surface area contributed by atoms with Gasteiger partial charge in [-0.3, -0.25) is 25.4 Å². The number of rotatable bonds is 3. The topological polar surface area (TPSA) is 93.2 Å². The molecule has 0 saturated heterocycles. The highest BCUT2D eigenvalue weighted by Gasteiger charge is 2.12. The molecule has 0 spiro atoms. The summed E-state index contributed by atoms with van der Waals surface area (Å²) in [6.07, 6.45) is 4.00. The Hall–Kier alpha value is -3.03. The third-order valence-electron chi connectivity index (χ3n) is 2.50. The van der Waals surface area contributed by atoms with Gasteiger partial charge in [-0.15, -0.1) is 0 Å². The zero-order valence-electron chi connectivity index (χ0n) is 11.0. The minimum Gasteiger partial charge on any atom is -0.494 e. The predicted molar refractivity (Wildman–Crippen MR) is 69.9 cm³/mol. The van der Waals surface area contributed by atoms with Crippen molar-refractivity contribution < 1.29 is 18.7 Å². The molecular formula is C13H11FN4O3. The SMILES string of the molecule is COc1ccc(C(=O)NNC(=O)c2cnccn2)cc1F. The van der Waals surface area contributed by atoms with Crippen LogP contribution in [0.25, 0.3) is 0 Å². The number of nitrogens with zero attached hydrogens (tertiary/aromatic N) is 2. The number of hydrogen-bond acceptors (Lipinski definition) is 5. The van der Waals surface area contributed by atoms with Crippen molar-refractivity contribution in [2.24, 2.45) is 0 Å². The maximum atomic E-state index is 13.5. The lowest BCUT2D eigenvalue weighted by molar-refractivity contribution is 0.0843. The fourth-order valence-corrected chi connectivity index (χ4v) is 1.47. The fourth-order valence-electron chi connectivity index (χ4n) is 1.47. The van der Waals surface area contributed by atoms with Crippen LogP contribution in [0.1, 0.15) is 20.8 Å². The third kappa shape index (κ3) is 3.50. The average Bonchev–Trinajstić information content (AvgIpc) is 2.53. The Morgan fingerprint density at radius 2 is 1.95 bits per heavy atom. The number of hydrazine groups is 1. The van der Waals surface area contributed by atoms with E-state index in [-0.39, 0.29) is 17.0 Å². The van der Waals surface area contributed by atoms with Gasteiger partial charge < -0.3 is 4.74 Å². The predicted octanol–water partition coefficient (Wildman–Crippen LogP) is 0.699. The van der Waals surface area contributed by atoms with Crippen LogP contribution >= 0.6 is 0 Å². The lowest BCUT2D eigenvalue weighted by Crippen LogP contribution is -2.42. The van der Waals surface area contributed by atoms with E-state index in [2.05, 4.69) is 20.8 Å². The molecule has 8 heteroatoms. The van der Waals surface area contributed by atoms with Crippen LogP contribution in [0.5, 0.6) is 5.75 Å². The molecule has 1 heterocycles. The zero-order chi connectivity index (χ0) is 15.2. The number of halogens is 1. The summed E-state index contributed by atoms with van der Waals surface area (Å²) in [4.78, 5) is 30.9. The Labute approximate surface area is 119 Å². The molecule has 1 aromatic carbocycles. The maximum Gasteiger partial charge on any atom is 0.289 e. The van der Waals surface area contributed by atoms with Crippen molar-refractivity contribution in [1.29, 1.82) is 0 Å². The number of carbonyl (C=O) groups excluding carboxylic acids is 2. The first-order valence-electron chi connectivity index (χ1n) is 5.82. The first kappa shape index (κ1) is 14.4. The summed E-state index contributed by atoms with van der Waals surface area (Å²) in [7, 11) is 1.32. The molecule has 108 valence electrons. The van der Waals surface area contributed by atoms with Gasteiger partial charge in [0.1, 0.15) is 5.69 Å². The molecule has 21 heavy (non-hydrogen) atoms. The largest absolute Gasteiger partial charge is 0.494 e. The molecule has 0 bridgehead atoms. The summed E-state index contributed by atoms with van der Waals surface area (Å²) in [6, 6.07) is 3.68. The van der Waals surface area contributed by atoms with Crippen molar-refractivity contribution in [3.8, 4) is 5.75 Å². The molecule has 0 aliphatic rings. The van der Waals surface area contributed by atoms with Crippen molar-refractivity contribution in [2.45, 2.75) is 0 Å². The number of hydrogen-bond donors (Lipinski definition) is 2. The molecule has 1 aromatic heterocycles. The van der Waals surface area contributed by atoms with Crippen LogP contribution in [0.2, 0.25) is 0 Å². The van der Waals surface area contributed by atoms with Gasteiger partial charge in [-0.25, -0.2) is 9.37 Å². The Balaban J connectivity index is 1.99. The maximum absolute atomic E-state index is 13.5. The molecule has 2 rings (SSSR count). The Morgan fingerprint density at radius 1 is 1.19 bits per heavy atom. The molecule has 0 saturated carbocycles. The van der Waals surface area contributed by atoms with Gasteiger partial charge in [0.05, 0.1) is 13.3 Å². The van der Waals surface area contributed by atoms with Gasteiger partial charge in [-0.2, -0.15) is 0 Å². The number of benzene rings is 1. The Bertz CT molecular complexity index is 664. The molecule has 0 aliphatic carbocycles. The van der Waals surface area contributed by atoms with Gasteiger partial charge in [0.2, 0.25) is 0 Å². The van der Waals surface area contributed by atoms with Gasteiger partial charge in [-0.1, -0.05) is 0 Å². The molecule has 0 aliphatic heterocycles. The number of methoxy groups -OCH3 is 1. The van der Waals surface area contributed by atoms with Crippen LogP contribution in [0.15, 0.2) is 36.8 Å². The summed E-state index contributed by atoms with van der Waals surface area (Å²) < 4.78 is 18.2. The standard InChI is InChI=1S/C13H11FN4O3/c1-21-11-3-2-8(6-9(11)14)12(19)17-18-13(20)10-7-15-4-5-16-10/h2-7H,1H3,(H,17,19)(H,18,20). The second kappa shape index (κ2) is 6.42. The smallest absolute Gasteiger partial charge is 0.289 e. The van der Waals surface area contributed by atoms with Crippen LogP contribution in [0, 0.1) is 5.82 Å². The minimum absolute atomic E-state index is 0.0233. The zero-order valence-corrected chi connectivity index (χ0v) is 11.0. The molecule has 7 nitrogen and oxygen atoms in total. The highest BCUT2D eigenvalue weighted by Crippen LogP contribution is 2.17. The summed E-state index contributed by atoms with van der Waals surface area (Å²) in [5.74, 6) is -1.96. The number of aromatic nitrogens is 2. The molecule has 0 atom stereocenters. The number of carbonyl (C=O) groups is 2. The van der Waals surface area contributed by atoms with Crippen LogP contribution < -0.4 is 15.6 Å². The first-order valence-corrected chi connectivity index (χ1v) is 5.82. The Morgan fingerprint density at radius 3 is 2.57 bits per heavy atom. The quantitative estimate of drug-likeness (QED) is 0.812. The molecule has 2 aromatic rings. The van der Waals surface area contributed by atoms with Gasteiger partial charge in [0.15, 0.2) is 11.6 Å². The minimum atomic E-state index is -0.676. The van der Waals surface area contributed by atoms with E-state index in [9.17, 15) is 14.0 Å². The number of ether oxygens (including phenoxy) is 1. The summed E-state index contributed by atoms with van der Waals surface area (Å²) >= 11 is 0. The van der Waals surface area contributed by atoms with E-state index in [4.69, 9.17) is 4.74 Å². The van der Waals surface area contributed by atoms with Crippen LogP contribution in [0.4, 0.5) is 4.39 Å². The monoisotopic (exact) mass is 290 g/mol. The third-order valence-corrected chi connectivity index (χ3v) is 2.50. The van der Waals surface area contributed by atoms with Gasteiger partial charge in [0, 0.05) is 18.0 Å². The summed E-state index contributed by atoms with van der Waals surface area (Å²) in [5, 5.41) is 0. The van der Waals surface area contributed by atoms with Crippen molar-refractivity contribution in [3.05, 3.63) is 53.9 Å². The van der Waals surface area contributed by atoms with E-state index in [0.717, 1.165) is 6.07 Å². The molecule has 0 fully saturated rings.